The SMILES string of the molecule is Cc1cccc(NC(=O)c2c(-c3ccccn3)n(Cc3ccco3)c(C)cc2=O)c1C. The summed E-state index contributed by atoms with van der Waals surface area (Å²) in [4.78, 5) is 30.9. The smallest absolute Gasteiger partial charge is 0.261 e. The number of anilines is 1. The molecule has 31 heavy (non-hydrogen) atoms. The Labute approximate surface area is 180 Å². The van der Waals surface area contributed by atoms with Crippen molar-refractivity contribution in [2.45, 2.75) is 27.3 Å². The number of pyridine rings is 2. The van der Waals surface area contributed by atoms with Crippen LogP contribution in [0, 0.1) is 20.8 Å². The van der Waals surface area contributed by atoms with E-state index in [1.807, 2.05) is 61.7 Å². The van der Waals surface area contributed by atoms with Gasteiger partial charge in [-0.05, 0) is 62.2 Å². The number of carbonyl (C=O) groups is 1. The van der Waals surface area contributed by atoms with Gasteiger partial charge in [0.2, 0.25) is 0 Å². The van der Waals surface area contributed by atoms with Crippen molar-refractivity contribution in [1.82, 2.24) is 9.55 Å². The van der Waals surface area contributed by atoms with Gasteiger partial charge in [0.05, 0.1) is 24.2 Å². The Hall–Kier alpha value is -3.93. The number of amides is 1. The molecule has 0 fully saturated rings. The molecule has 0 bridgehead atoms. The van der Waals surface area contributed by atoms with Crippen molar-refractivity contribution in [2.24, 2.45) is 0 Å². The maximum Gasteiger partial charge on any atom is 0.261 e. The standard InChI is InChI=1S/C25H23N3O3/c1-16-8-6-11-20(18(16)3)27-25(30)23-22(29)14-17(2)28(15-19-9-7-13-31-19)24(23)21-10-4-5-12-26-21/h4-14H,15H2,1-3H3,(H,27,30). The lowest BCUT2D eigenvalue weighted by Gasteiger charge is -2.19. The van der Waals surface area contributed by atoms with Gasteiger partial charge in [0.1, 0.15) is 11.3 Å². The Morgan fingerprint density at radius 3 is 2.61 bits per heavy atom. The molecule has 0 saturated carbocycles. The van der Waals surface area contributed by atoms with E-state index in [-0.39, 0.29) is 11.0 Å². The number of nitrogens with zero attached hydrogens (tertiary/aromatic N) is 2. The number of aryl methyl sites for hydroxylation is 2. The lowest BCUT2D eigenvalue weighted by Crippen LogP contribution is -2.27. The van der Waals surface area contributed by atoms with Crippen LogP contribution < -0.4 is 10.7 Å². The highest BCUT2D eigenvalue weighted by molar-refractivity contribution is 6.08. The summed E-state index contributed by atoms with van der Waals surface area (Å²) in [6, 6.07) is 16.2. The summed E-state index contributed by atoms with van der Waals surface area (Å²) in [5, 5.41) is 2.92. The third-order valence-electron chi connectivity index (χ3n) is 5.40. The largest absolute Gasteiger partial charge is 0.467 e. The van der Waals surface area contributed by atoms with Crippen LogP contribution in [-0.2, 0) is 6.54 Å². The molecule has 0 aliphatic carbocycles. The van der Waals surface area contributed by atoms with E-state index in [4.69, 9.17) is 4.42 Å². The molecule has 4 rings (SSSR count). The van der Waals surface area contributed by atoms with Crippen molar-refractivity contribution in [3.05, 3.63) is 105 Å². The molecule has 6 heteroatoms. The Bertz CT molecular complexity index is 1290. The molecule has 0 radical (unpaired) electrons. The Kier molecular flexibility index (Phi) is 5.54. The molecule has 4 aromatic rings. The molecule has 156 valence electrons. The minimum atomic E-state index is -0.465. The van der Waals surface area contributed by atoms with Gasteiger partial charge in [0.25, 0.3) is 5.91 Å². The minimum absolute atomic E-state index is 0.0526. The molecule has 0 saturated heterocycles. The molecule has 6 nitrogen and oxygen atoms in total. The monoisotopic (exact) mass is 413 g/mol. The van der Waals surface area contributed by atoms with Crippen LogP contribution in [0.25, 0.3) is 11.4 Å². The zero-order chi connectivity index (χ0) is 22.0. The number of benzene rings is 1. The van der Waals surface area contributed by atoms with Gasteiger partial charge in [-0.25, -0.2) is 0 Å². The maximum absolute atomic E-state index is 13.4. The van der Waals surface area contributed by atoms with Crippen LogP contribution in [0.1, 0.15) is 32.9 Å². The fraction of sp³-hybridized carbons (Fsp3) is 0.160. The summed E-state index contributed by atoms with van der Waals surface area (Å²) >= 11 is 0. The van der Waals surface area contributed by atoms with Gasteiger partial charge in [0.15, 0.2) is 5.43 Å². The second kappa shape index (κ2) is 8.44. The van der Waals surface area contributed by atoms with Crippen LogP contribution in [0.3, 0.4) is 0 Å². The fourth-order valence-electron chi connectivity index (χ4n) is 3.59. The van der Waals surface area contributed by atoms with Crippen LogP contribution in [0.4, 0.5) is 5.69 Å². The van der Waals surface area contributed by atoms with E-state index in [9.17, 15) is 9.59 Å². The van der Waals surface area contributed by atoms with E-state index >= 15 is 0 Å². The fourth-order valence-corrected chi connectivity index (χ4v) is 3.59. The van der Waals surface area contributed by atoms with Crippen LogP contribution in [-0.4, -0.2) is 15.5 Å². The predicted octanol–water partition coefficient (Wildman–Crippen LogP) is 4.73. The molecule has 0 aliphatic rings. The normalized spacial score (nSPS) is 10.8. The number of aromatic nitrogens is 2. The maximum atomic E-state index is 13.4. The molecule has 1 amide bonds. The zero-order valence-electron chi connectivity index (χ0n) is 17.7. The molecule has 1 aromatic carbocycles. The molecular formula is C25H23N3O3. The molecule has 1 N–H and O–H groups in total. The first kappa shape index (κ1) is 20.3. The summed E-state index contributed by atoms with van der Waals surface area (Å²) < 4.78 is 7.41. The lowest BCUT2D eigenvalue weighted by atomic mass is 10.0. The third kappa shape index (κ3) is 4.05. The molecule has 0 unspecified atom stereocenters. The van der Waals surface area contributed by atoms with E-state index in [1.54, 1.807) is 24.6 Å². The number of carbonyl (C=O) groups excluding carboxylic acids is 1. The molecule has 0 atom stereocenters. The zero-order valence-corrected chi connectivity index (χ0v) is 17.7. The van der Waals surface area contributed by atoms with Gasteiger partial charge in [-0.3, -0.25) is 14.6 Å². The van der Waals surface area contributed by atoms with Gasteiger partial charge >= 0.3 is 0 Å². The molecule has 3 heterocycles. The lowest BCUT2D eigenvalue weighted by molar-refractivity contribution is 0.102. The predicted molar refractivity (Wildman–Crippen MR) is 120 cm³/mol. The molecule has 0 aliphatic heterocycles. The van der Waals surface area contributed by atoms with Gasteiger partial charge < -0.3 is 14.3 Å². The topological polar surface area (TPSA) is 77.1 Å². The van der Waals surface area contributed by atoms with Crippen molar-refractivity contribution in [3.8, 4) is 11.4 Å². The van der Waals surface area contributed by atoms with Gasteiger partial charge in [-0.2, -0.15) is 0 Å². The molecule has 0 spiro atoms. The van der Waals surface area contributed by atoms with Crippen molar-refractivity contribution >= 4 is 11.6 Å². The molecule has 3 aromatic heterocycles. The average Bonchev–Trinajstić information content (AvgIpc) is 3.27. The quantitative estimate of drug-likeness (QED) is 0.513. The number of rotatable bonds is 5. The second-order valence-corrected chi connectivity index (χ2v) is 7.46. The van der Waals surface area contributed by atoms with Gasteiger partial charge in [-0.1, -0.05) is 18.2 Å². The van der Waals surface area contributed by atoms with Crippen LogP contribution in [0.2, 0.25) is 0 Å². The van der Waals surface area contributed by atoms with Crippen molar-refractivity contribution in [1.29, 1.82) is 0 Å². The first-order chi connectivity index (χ1) is 15.0. The van der Waals surface area contributed by atoms with E-state index in [0.717, 1.165) is 11.1 Å². The Morgan fingerprint density at radius 2 is 1.90 bits per heavy atom. The van der Waals surface area contributed by atoms with Crippen molar-refractivity contribution < 1.29 is 9.21 Å². The number of hydrogen-bond acceptors (Lipinski definition) is 4. The number of hydrogen-bond donors (Lipinski definition) is 1. The highest BCUT2D eigenvalue weighted by Crippen LogP contribution is 2.25. The highest BCUT2D eigenvalue weighted by Gasteiger charge is 2.23. The van der Waals surface area contributed by atoms with Crippen LogP contribution >= 0.6 is 0 Å². The van der Waals surface area contributed by atoms with E-state index in [0.29, 0.717) is 35.1 Å². The summed E-state index contributed by atoms with van der Waals surface area (Å²) in [5.41, 5.74) is 4.11. The third-order valence-corrected chi connectivity index (χ3v) is 5.40. The van der Waals surface area contributed by atoms with Crippen LogP contribution in [0.15, 0.2) is 76.3 Å². The molecular weight excluding hydrogens is 390 g/mol. The summed E-state index contributed by atoms with van der Waals surface area (Å²) in [6.07, 6.45) is 3.24. The van der Waals surface area contributed by atoms with Gasteiger partial charge in [0, 0.05) is 23.6 Å². The highest BCUT2D eigenvalue weighted by atomic mass is 16.3. The summed E-state index contributed by atoms with van der Waals surface area (Å²) in [5.74, 6) is 0.248. The first-order valence-electron chi connectivity index (χ1n) is 10.0. The Morgan fingerprint density at radius 1 is 1.06 bits per heavy atom. The van der Waals surface area contributed by atoms with E-state index in [1.165, 1.54) is 6.07 Å². The minimum Gasteiger partial charge on any atom is -0.467 e. The first-order valence-corrected chi connectivity index (χ1v) is 10.0. The van der Waals surface area contributed by atoms with E-state index < -0.39 is 5.91 Å². The Balaban J connectivity index is 1.89. The number of furan rings is 1. The number of nitrogens with one attached hydrogen (secondary N) is 1. The summed E-state index contributed by atoms with van der Waals surface area (Å²) in [7, 11) is 0. The van der Waals surface area contributed by atoms with Gasteiger partial charge in [-0.15, -0.1) is 0 Å². The van der Waals surface area contributed by atoms with Crippen molar-refractivity contribution in [2.75, 3.05) is 5.32 Å². The van der Waals surface area contributed by atoms with Crippen molar-refractivity contribution in [3.63, 3.8) is 0 Å². The second-order valence-electron chi connectivity index (χ2n) is 7.46. The average molecular weight is 413 g/mol. The van der Waals surface area contributed by atoms with Crippen LogP contribution in [0.5, 0.6) is 0 Å². The summed E-state index contributed by atoms with van der Waals surface area (Å²) in [6.45, 7) is 6.12. The van der Waals surface area contributed by atoms with E-state index in [2.05, 4.69) is 10.3 Å².